The highest BCUT2D eigenvalue weighted by molar-refractivity contribution is 7.16. The van der Waals surface area contributed by atoms with Crippen molar-refractivity contribution < 1.29 is 13.2 Å². The number of fused-ring (bicyclic) bond motifs is 1. The summed E-state index contributed by atoms with van der Waals surface area (Å²) in [6, 6.07) is 3.42. The van der Waals surface area contributed by atoms with Gasteiger partial charge in [0.25, 0.3) is 0 Å². The van der Waals surface area contributed by atoms with Gasteiger partial charge in [-0.25, -0.2) is 18.2 Å². The van der Waals surface area contributed by atoms with Crippen LogP contribution >= 0.6 is 22.9 Å². The van der Waals surface area contributed by atoms with Crippen LogP contribution in [0.2, 0.25) is 5.28 Å². The van der Waals surface area contributed by atoms with Crippen molar-refractivity contribution in [2.24, 2.45) is 0 Å². The van der Waals surface area contributed by atoms with Crippen molar-refractivity contribution in [3.8, 4) is 0 Å². The summed E-state index contributed by atoms with van der Waals surface area (Å²) < 4.78 is 39.2. The van der Waals surface area contributed by atoms with Crippen LogP contribution in [0.25, 0.3) is 10.2 Å². The first-order valence-corrected chi connectivity index (χ1v) is 6.62. The van der Waals surface area contributed by atoms with Gasteiger partial charge in [-0.05, 0) is 23.0 Å². The Balaban J connectivity index is 2.07. The first kappa shape index (κ1) is 13.1. The van der Waals surface area contributed by atoms with Crippen LogP contribution in [0.15, 0.2) is 23.6 Å². The van der Waals surface area contributed by atoms with Crippen LogP contribution < -0.4 is 5.32 Å². The van der Waals surface area contributed by atoms with Crippen molar-refractivity contribution in [3.63, 3.8) is 0 Å². The summed E-state index contributed by atoms with van der Waals surface area (Å²) in [6.45, 7) is 0. The summed E-state index contributed by atoms with van der Waals surface area (Å²) in [5, 5.41) is 5.15. The molecule has 0 unspecified atom stereocenters. The lowest BCUT2D eigenvalue weighted by atomic mass is 10.2. The largest absolute Gasteiger partial charge is 0.339 e. The fourth-order valence-electron chi connectivity index (χ4n) is 1.69. The van der Waals surface area contributed by atoms with Gasteiger partial charge in [0, 0.05) is 17.8 Å². The number of benzene rings is 1. The molecule has 0 atom stereocenters. The van der Waals surface area contributed by atoms with E-state index in [-0.39, 0.29) is 11.0 Å². The van der Waals surface area contributed by atoms with Gasteiger partial charge in [0.05, 0.1) is 5.39 Å². The van der Waals surface area contributed by atoms with Gasteiger partial charge in [-0.2, -0.15) is 4.98 Å². The highest BCUT2D eigenvalue weighted by Gasteiger charge is 2.13. The number of nitrogens with zero attached hydrogens (tertiary/aromatic N) is 2. The Morgan fingerprint density at radius 1 is 1.10 bits per heavy atom. The van der Waals surface area contributed by atoms with Gasteiger partial charge in [-0.15, -0.1) is 11.3 Å². The third kappa shape index (κ3) is 2.30. The maximum atomic E-state index is 13.2. The number of rotatable bonds is 2. The lowest BCUT2D eigenvalue weighted by Crippen LogP contribution is -1.99. The zero-order chi connectivity index (χ0) is 14.3. The SMILES string of the molecule is Fc1cc(Nc2nc(Cl)nc3sccc23)cc(F)c1F. The summed E-state index contributed by atoms with van der Waals surface area (Å²) in [5.41, 5.74) is 0.0312. The first-order chi connectivity index (χ1) is 9.54. The molecular formula is C12H5ClF3N3S. The second kappa shape index (κ2) is 4.92. The standard InChI is InChI=1S/C12H5ClF3N3S/c13-12-18-10(6-1-2-20-11(6)19-12)17-5-3-7(14)9(16)8(15)4-5/h1-4H,(H,17,18,19). The molecule has 0 fully saturated rings. The molecular weight excluding hydrogens is 311 g/mol. The Morgan fingerprint density at radius 3 is 2.50 bits per heavy atom. The predicted molar refractivity (Wildman–Crippen MR) is 72.0 cm³/mol. The number of aromatic nitrogens is 2. The van der Waals surface area contributed by atoms with Gasteiger partial charge in [0.15, 0.2) is 17.5 Å². The molecule has 2 aromatic heterocycles. The minimum absolute atomic E-state index is 0.00510. The van der Waals surface area contributed by atoms with E-state index in [9.17, 15) is 13.2 Å². The van der Waals surface area contributed by atoms with Gasteiger partial charge in [-0.3, -0.25) is 0 Å². The van der Waals surface area contributed by atoms with Crippen LogP contribution in [0.1, 0.15) is 0 Å². The maximum absolute atomic E-state index is 13.2. The van der Waals surface area contributed by atoms with Crippen molar-refractivity contribution in [2.45, 2.75) is 0 Å². The number of hydrogen-bond donors (Lipinski definition) is 1. The van der Waals surface area contributed by atoms with Crippen LogP contribution in [0.4, 0.5) is 24.7 Å². The topological polar surface area (TPSA) is 37.8 Å². The molecule has 8 heteroatoms. The molecule has 0 saturated carbocycles. The van der Waals surface area contributed by atoms with Crippen molar-refractivity contribution in [2.75, 3.05) is 5.32 Å². The summed E-state index contributed by atoms with van der Waals surface area (Å²) in [4.78, 5) is 8.61. The van der Waals surface area contributed by atoms with E-state index in [0.29, 0.717) is 16.0 Å². The molecule has 0 saturated heterocycles. The molecule has 0 aliphatic carbocycles. The number of thiophene rings is 1. The summed E-state index contributed by atoms with van der Waals surface area (Å²) in [7, 11) is 0. The van der Waals surface area contributed by atoms with E-state index in [2.05, 4.69) is 15.3 Å². The minimum Gasteiger partial charge on any atom is -0.339 e. The van der Waals surface area contributed by atoms with Crippen molar-refractivity contribution in [1.29, 1.82) is 0 Å². The predicted octanol–water partition coefficient (Wildman–Crippen LogP) is 4.51. The fourth-order valence-corrected chi connectivity index (χ4v) is 2.67. The lowest BCUT2D eigenvalue weighted by Gasteiger charge is -2.08. The Hall–Kier alpha value is -1.86. The fraction of sp³-hybridized carbons (Fsp3) is 0. The molecule has 3 rings (SSSR count). The molecule has 1 N–H and O–H groups in total. The molecule has 0 amide bonds. The van der Waals surface area contributed by atoms with E-state index in [0.717, 1.165) is 12.1 Å². The van der Waals surface area contributed by atoms with Gasteiger partial charge in [-0.1, -0.05) is 0 Å². The zero-order valence-electron chi connectivity index (χ0n) is 9.62. The summed E-state index contributed by atoms with van der Waals surface area (Å²) in [6.07, 6.45) is 0. The number of anilines is 2. The normalized spacial score (nSPS) is 11.0. The van der Waals surface area contributed by atoms with Crippen molar-refractivity contribution in [1.82, 2.24) is 9.97 Å². The van der Waals surface area contributed by atoms with E-state index in [1.54, 1.807) is 11.4 Å². The lowest BCUT2D eigenvalue weighted by molar-refractivity contribution is 0.448. The van der Waals surface area contributed by atoms with Crippen LogP contribution in [-0.4, -0.2) is 9.97 Å². The number of hydrogen-bond acceptors (Lipinski definition) is 4. The van der Waals surface area contributed by atoms with Crippen molar-refractivity contribution >= 4 is 44.7 Å². The smallest absolute Gasteiger partial charge is 0.225 e. The molecule has 1 aromatic carbocycles. The number of nitrogens with one attached hydrogen (secondary N) is 1. The molecule has 20 heavy (non-hydrogen) atoms. The molecule has 0 spiro atoms. The van der Waals surface area contributed by atoms with Crippen LogP contribution in [0, 0.1) is 17.5 Å². The Kier molecular flexibility index (Phi) is 3.23. The first-order valence-electron chi connectivity index (χ1n) is 5.37. The van der Waals surface area contributed by atoms with Gasteiger partial charge >= 0.3 is 0 Å². The van der Waals surface area contributed by atoms with E-state index < -0.39 is 17.5 Å². The maximum Gasteiger partial charge on any atom is 0.225 e. The number of halogens is 4. The quantitative estimate of drug-likeness (QED) is 0.558. The molecule has 0 aliphatic rings. The molecule has 0 bridgehead atoms. The Bertz CT molecular complexity index is 783. The molecule has 102 valence electrons. The van der Waals surface area contributed by atoms with E-state index in [1.807, 2.05) is 0 Å². The molecule has 2 heterocycles. The van der Waals surface area contributed by atoms with Gasteiger partial charge in [0.2, 0.25) is 5.28 Å². The van der Waals surface area contributed by atoms with Crippen LogP contribution in [0.3, 0.4) is 0 Å². The second-order valence-electron chi connectivity index (χ2n) is 3.86. The minimum atomic E-state index is -1.52. The van der Waals surface area contributed by atoms with Gasteiger partial charge in [0.1, 0.15) is 10.6 Å². The van der Waals surface area contributed by atoms with E-state index >= 15 is 0 Å². The molecule has 3 aromatic rings. The van der Waals surface area contributed by atoms with Crippen LogP contribution in [0.5, 0.6) is 0 Å². The van der Waals surface area contributed by atoms with Crippen molar-refractivity contribution in [3.05, 3.63) is 46.3 Å². The zero-order valence-corrected chi connectivity index (χ0v) is 11.2. The average Bonchev–Trinajstić information content (AvgIpc) is 2.84. The third-order valence-electron chi connectivity index (χ3n) is 2.54. The Labute approximate surface area is 120 Å². The third-order valence-corrected chi connectivity index (χ3v) is 3.52. The highest BCUT2D eigenvalue weighted by atomic mass is 35.5. The molecule has 0 radical (unpaired) electrons. The summed E-state index contributed by atoms with van der Waals surface area (Å²) >= 11 is 7.12. The monoisotopic (exact) mass is 315 g/mol. The van der Waals surface area contributed by atoms with Gasteiger partial charge < -0.3 is 5.32 Å². The summed E-state index contributed by atoms with van der Waals surface area (Å²) in [5.74, 6) is -3.79. The highest BCUT2D eigenvalue weighted by Crippen LogP contribution is 2.29. The Morgan fingerprint density at radius 2 is 1.80 bits per heavy atom. The molecule has 0 aliphatic heterocycles. The second-order valence-corrected chi connectivity index (χ2v) is 5.09. The van der Waals surface area contributed by atoms with E-state index in [4.69, 9.17) is 11.6 Å². The molecule has 3 nitrogen and oxygen atoms in total. The van der Waals surface area contributed by atoms with E-state index in [1.165, 1.54) is 11.3 Å². The van der Waals surface area contributed by atoms with Crippen LogP contribution in [-0.2, 0) is 0 Å². The average molecular weight is 316 g/mol.